The highest BCUT2D eigenvalue weighted by Gasteiger charge is 2.20. The molecule has 0 bridgehead atoms. The van der Waals surface area contributed by atoms with Crippen LogP contribution in [0.5, 0.6) is 0 Å². The van der Waals surface area contributed by atoms with Crippen molar-refractivity contribution < 1.29 is 26.5 Å². The molecule has 0 aliphatic heterocycles. The van der Waals surface area contributed by atoms with Crippen molar-refractivity contribution in [2.75, 3.05) is 5.32 Å². The van der Waals surface area contributed by atoms with E-state index in [4.69, 9.17) is 4.55 Å². The first-order valence-corrected chi connectivity index (χ1v) is 7.78. The van der Waals surface area contributed by atoms with E-state index in [1.807, 2.05) is 0 Å². The van der Waals surface area contributed by atoms with Gasteiger partial charge in [-0.3, -0.25) is 9.35 Å². The average Bonchev–Trinajstić information content (AvgIpc) is 2.76. The highest BCUT2D eigenvalue weighted by Crippen LogP contribution is 2.26. The van der Waals surface area contributed by atoms with E-state index in [2.05, 4.69) is 5.32 Å². The fraction of sp³-hybridized carbons (Fsp3) is 0.0833. The standard InChI is InChI=1S/C12H9F2NO4S2.ClH/c1-6-8(5-11(20-6)21(17,18)19)12(16)15-7-2-3-9(13)10(14)4-7;/h2-5H,1H3,(H,15,16)(H,17,18,19);1H. The normalized spacial score (nSPS) is 10.9. The van der Waals surface area contributed by atoms with E-state index in [0.717, 1.165) is 29.5 Å². The van der Waals surface area contributed by atoms with Gasteiger partial charge in [-0.1, -0.05) is 0 Å². The molecule has 0 spiro atoms. The van der Waals surface area contributed by atoms with Crippen molar-refractivity contribution in [2.45, 2.75) is 11.1 Å². The van der Waals surface area contributed by atoms with Gasteiger partial charge in [-0.25, -0.2) is 8.78 Å². The van der Waals surface area contributed by atoms with E-state index in [1.165, 1.54) is 13.0 Å². The summed E-state index contributed by atoms with van der Waals surface area (Å²) < 4.78 is 56.4. The van der Waals surface area contributed by atoms with Crippen LogP contribution < -0.4 is 5.32 Å². The third-order valence-corrected chi connectivity index (χ3v) is 4.92. The van der Waals surface area contributed by atoms with Gasteiger partial charge in [-0.05, 0) is 25.1 Å². The minimum absolute atomic E-state index is 0. The second-order valence-corrected chi connectivity index (χ2v) is 7.00. The summed E-state index contributed by atoms with van der Waals surface area (Å²) in [7, 11) is -4.39. The molecule has 0 radical (unpaired) electrons. The second kappa shape index (κ2) is 6.69. The molecule has 0 unspecified atom stereocenters. The molecule has 120 valence electrons. The third-order valence-electron chi connectivity index (χ3n) is 2.57. The van der Waals surface area contributed by atoms with E-state index in [1.54, 1.807) is 0 Å². The van der Waals surface area contributed by atoms with Crippen LogP contribution in [-0.4, -0.2) is 18.9 Å². The number of nitrogens with one attached hydrogen (secondary N) is 1. The second-order valence-electron chi connectivity index (χ2n) is 4.09. The Labute approximate surface area is 135 Å². The molecule has 1 aromatic carbocycles. The van der Waals surface area contributed by atoms with E-state index in [-0.39, 0.29) is 27.9 Å². The molecule has 5 nitrogen and oxygen atoms in total. The van der Waals surface area contributed by atoms with Crippen molar-refractivity contribution in [2.24, 2.45) is 0 Å². The molecule has 0 saturated carbocycles. The number of carbonyl (C=O) groups excluding carboxylic acids is 1. The van der Waals surface area contributed by atoms with Crippen LogP contribution in [-0.2, 0) is 10.1 Å². The number of thiophene rings is 1. The van der Waals surface area contributed by atoms with Gasteiger partial charge in [-0.15, -0.1) is 23.7 Å². The number of benzene rings is 1. The van der Waals surface area contributed by atoms with E-state index >= 15 is 0 Å². The highest BCUT2D eigenvalue weighted by atomic mass is 35.5. The first-order valence-electron chi connectivity index (χ1n) is 5.53. The van der Waals surface area contributed by atoms with Crippen LogP contribution in [0.2, 0.25) is 0 Å². The molecule has 2 N–H and O–H groups in total. The zero-order valence-electron chi connectivity index (χ0n) is 11.0. The fourth-order valence-corrected chi connectivity index (χ4v) is 3.38. The lowest BCUT2D eigenvalue weighted by atomic mass is 10.2. The van der Waals surface area contributed by atoms with Gasteiger partial charge in [0.15, 0.2) is 11.6 Å². The largest absolute Gasteiger partial charge is 0.322 e. The molecule has 0 aliphatic carbocycles. The molecule has 0 atom stereocenters. The molecule has 1 amide bonds. The Morgan fingerprint density at radius 2 is 1.86 bits per heavy atom. The van der Waals surface area contributed by atoms with Crippen LogP contribution >= 0.6 is 23.7 Å². The fourth-order valence-electron chi connectivity index (χ4n) is 1.58. The summed E-state index contributed by atoms with van der Waals surface area (Å²) in [6.45, 7) is 1.50. The molecule has 0 saturated heterocycles. The van der Waals surface area contributed by atoms with Crippen LogP contribution in [0, 0.1) is 18.6 Å². The molecular weight excluding hydrogens is 360 g/mol. The number of amides is 1. The van der Waals surface area contributed by atoms with Gasteiger partial charge in [0.05, 0.1) is 5.56 Å². The maximum atomic E-state index is 13.0. The first-order chi connectivity index (χ1) is 9.68. The average molecular weight is 370 g/mol. The molecule has 1 aromatic heterocycles. The zero-order chi connectivity index (χ0) is 15.8. The smallest absolute Gasteiger partial charge is 0.304 e. The maximum absolute atomic E-state index is 13.0. The predicted octanol–water partition coefficient (Wildman–Crippen LogP) is 3.26. The summed E-state index contributed by atoms with van der Waals surface area (Å²) in [5.74, 6) is -2.86. The highest BCUT2D eigenvalue weighted by molar-refractivity contribution is 7.88. The SMILES string of the molecule is Cc1sc(S(=O)(=O)O)cc1C(=O)Nc1ccc(F)c(F)c1.Cl. The molecule has 22 heavy (non-hydrogen) atoms. The first kappa shape index (κ1) is 18.5. The van der Waals surface area contributed by atoms with Gasteiger partial charge >= 0.3 is 10.1 Å². The topological polar surface area (TPSA) is 83.5 Å². The van der Waals surface area contributed by atoms with Gasteiger partial charge in [0.2, 0.25) is 0 Å². The molecule has 2 rings (SSSR count). The summed E-state index contributed by atoms with van der Waals surface area (Å²) in [6, 6.07) is 3.85. The minimum Gasteiger partial charge on any atom is -0.322 e. The Balaban J connectivity index is 0.00000242. The lowest BCUT2D eigenvalue weighted by Gasteiger charge is -2.05. The maximum Gasteiger partial charge on any atom is 0.304 e. The van der Waals surface area contributed by atoms with Crippen molar-refractivity contribution in [3.05, 3.63) is 46.3 Å². The van der Waals surface area contributed by atoms with Crippen LogP contribution in [0.1, 0.15) is 15.2 Å². The number of carbonyl (C=O) groups is 1. The number of halogens is 3. The van der Waals surface area contributed by atoms with Gasteiger partial charge < -0.3 is 5.32 Å². The minimum atomic E-state index is -4.39. The van der Waals surface area contributed by atoms with Gasteiger partial charge in [-0.2, -0.15) is 8.42 Å². The Bertz CT molecular complexity index is 821. The summed E-state index contributed by atoms with van der Waals surface area (Å²) in [5.41, 5.74) is 0.0512. The summed E-state index contributed by atoms with van der Waals surface area (Å²) in [5, 5.41) is 2.32. The van der Waals surface area contributed by atoms with E-state index < -0.39 is 27.7 Å². The molecule has 10 heteroatoms. The van der Waals surface area contributed by atoms with Crippen molar-refractivity contribution in [3.8, 4) is 0 Å². The van der Waals surface area contributed by atoms with Gasteiger partial charge in [0.25, 0.3) is 5.91 Å². The van der Waals surface area contributed by atoms with E-state index in [9.17, 15) is 22.0 Å². The Kier molecular flexibility index (Phi) is 5.63. The summed E-state index contributed by atoms with van der Waals surface area (Å²) >= 11 is 0.733. The lowest BCUT2D eigenvalue weighted by Crippen LogP contribution is -2.12. The van der Waals surface area contributed by atoms with Crippen molar-refractivity contribution >= 4 is 45.5 Å². The molecular formula is C12H10ClF2NO4S2. The van der Waals surface area contributed by atoms with Crippen LogP contribution in [0.25, 0.3) is 0 Å². The third kappa shape index (κ3) is 4.01. The number of rotatable bonds is 3. The number of hydrogen-bond donors (Lipinski definition) is 2. The number of aryl methyl sites for hydroxylation is 1. The van der Waals surface area contributed by atoms with Crippen LogP contribution in [0.15, 0.2) is 28.5 Å². The van der Waals surface area contributed by atoms with Gasteiger partial charge in [0.1, 0.15) is 4.21 Å². The van der Waals surface area contributed by atoms with Crippen molar-refractivity contribution in [1.82, 2.24) is 0 Å². The molecule has 0 aliphatic rings. The van der Waals surface area contributed by atoms with Crippen molar-refractivity contribution in [1.29, 1.82) is 0 Å². The molecule has 1 heterocycles. The molecule has 2 aromatic rings. The monoisotopic (exact) mass is 369 g/mol. The number of anilines is 1. The Morgan fingerprint density at radius 1 is 1.23 bits per heavy atom. The van der Waals surface area contributed by atoms with Crippen LogP contribution in [0.3, 0.4) is 0 Å². The Hall–Kier alpha value is -1.55. The van der Waals surface area contributed by atoms with Crippen LogP contribution in [0.4, 0.5) is 14.5 Å². The predicted molar refractivity (Wildman–Crippen MR) is 80.4 cm³/mol. The van der Waals surface area contributed by atoms with E-state index in [0.29, 0.717) is 4.88 Å². The van der Waals surface area contributed by atoms with Gasteiger partial charge in [0, 0.05) is 16.6 Å². The summed E-state index contributed by atoms with van der Waals surface area (Å²) in [6.07, 6.45) is 0. The lowest BCUT2D eigenvalue weighted by molar-refractivity contribution is 0.102. The van der Waals surface area contributed by atoms with Crippen molar-refractivity contribution in [3.63, 3.8) is 0 Å². The Morgan fingerprint density at radius 3 is 2.36 bits per heavy atom. The zero-order valence-corrected chi connectivity index (χ0v) is 13.4. The quantitative estimate of drug-likeness (QED) is 0.813. The molecule has 0 fully saturated rings. The summed E-state index contributed by atoms with van der Waals surface area (Å²) in [4.78, 5) is 12.3. The number of hydrogen-bond acceptors (Lipinski definition) is 4.